The van der Waals surface area contributed by atoms with Crippen LogP contribution in [0.1, 0.15) is 18.4 Å². The van der Waals surface area contributed by atoms with Crippen LogP contribution in [0.25, 0.3) is 0 Å². The minimum atomic E-state index is -0.0378. The molecule has 0 spiro atoms. The van der Waals surface area contributed by atoms with Gasteiger partial charge in [0.05, 0.1) is 9.89 Å². The molecule has 1 aromatic rings. The van der Waals surface area contributed by atoms with Crippen LogP contribution in [0.2, 0.25) is 0 Å². The van der Waals surface area contributed by atoms with Crippen LogP contribution in [0.4, 0.5) is 0 Å². The van der Waals surface area contributed by atoms with Crippen molar-refractivity contribution in [3.05, 3.63) is 20.8 Å². The number of aliphatic hydroxyl groups is 1. The van der Waals surface area contributed by atoms with E-state index in [-0.39, 0.29) is 6.10 Å². The Bertz CT molecular complexity index is 381. The number of rotatable bonds is 2. The fourth-order valence-electron chi connectivity index (χ4n) is 3.14. The fourth-order valence-corrected chi connectivity index (χ4v) is 4.35. The largest absolute Gasteiger partial charge is 0.393 e. The van der Waals surface area contributed by atoms with E-state index in [0.29, 0.717) is 5.92 Å². The first-order chi connectivity index (χ1) is 7.72. The molecule has 88 valence electrons. The summed E-state index contributed by atoms with van der Waals surface area (Å²) in [6, 6.07) is 2.20. The van der Waals surface area contributed by atoms with Gasteiger partial charge in [0.15, 0.2) is 0 Å². The molecule has 0 bridgehead atoms. The Kier molecular flexibility index (Phi) is 3.09. The van der Waals surface area contributed by atoms with Crippen molar-refractivity contribution in [2.24, 2.45) is 11.8 Å². The Morgan fingerprint density at radius 2 is 2.31 bits per heavy atom. The van der Waals surface area contributed by atoms with E-state index in [4.69, 9.17) is 0 Å². The van der Waals surface area contributed by atoms with E-state index in [1.807, 2.05) is 0 Å². The van der Waals surface area contributed by atoms with Crippen LogP contribution in [0.15, 0.2) is 15.2 Å². The van der Waals surface area contributed by atoms with Crippen molar-refractivity contribution in [2.45, 2.75) is 25.5 Å². The Morgan fingerprint density at radius 3 is 3.00 bits per heavy atom. The molecule has 3 atom stereocenters. The van der Waals surface area contributed by atoms with E-state index in [9.17, 15) is 5.11 Å². The second-order valence-electron chi connectivity index (χ2n) is 5.02. The van der Waals surface area contributed by atoms with Crippen molar-refractivity contribution in [1.82, 2.24) is 4.90 Å². The van der Waals surface area contributed by atoms with Gasteiger partial charge in [-0.25, -0.2) is 0 Å². The number of fused-ring (bicyclic) bond motifs is 1. The quantitative estimate of drug-likeness (QED) is 0.908. The summed E-state index contributed by atoms with van der Waals surface area (Å²) < 4.78 is 1.21. The molecule has 1 saturated carbocycles. The van der Waals surface area contributed by atoms with Crippen LogP contribution in [0, 0.1) is 11.8 Å². The van der Waals surface area contributed by atoms with Gasteiger partial charge in [-0.2, -0.15) is 0 Å². The lowest BCUT2D eigenvalue weighted by Crippen LogP contribution is -2.24. The molecule has 0 aromatic carbocycles. The number of nitrogens with zero attached hydrogens (tertiary/aromatic N) is 1. The summed E-state index contributed by atoms with van der Waals surface area (Å²) in [4.78, 5) is 2.49. The van der Waals surface area contributed by atoms with Crippen molar-refractivity contribution in [2.75, 3.05) is 13.1 Å². The second kappa shape index (κ2) is 4.41. The fraction of sp³-hybridized carbons (Fsp3) is 0.667. The maximum Gasteiger partial charge on any atom is 0.0701 e. The minimum Gasteiger partial charge on any atom is -0.393 e. The number of likely N-dealkylation sites (tertiary alicyclic amines) is 1. The lowest BCUT2D eigenvalue weighted by molar-refractivity contribution is 0.123. The number of thiophene rings is 1. The summed E-state index contributed by atoms with van der Waals surface area (Å²) in [7, 11) is 0. The maximum absolute atomic E-state index is 9.86. The third-order valence-corrected chi connectivity index (χ3v) is 5.48. The van der Waals surface area contributed by atoms with E-state index in [1.165, 1.54) is 22.3 Å². The van der Waals surface area contributed by atoms with Gasteiger partial charge in [-0.15, -0.1) is 11.3 Å². The van der Waals surface area contributed by atoms with Crippen molar-refractivity contribution in [3.8, 4) is 0 Å². The highest BCUT2D eigenvalue weighted by Gasteiger charge is 2.41. The number of hydrogen-bond donors (Lipinski definition) is 1. The zero-order valence-electron chi connectivity index (χ0n) is 9.10. The molecule has 1 saturated heterocycles. The molecular weight excluding hydrogens is 286 g/mol. The minimum absolute atomic E-state index is 0.0378. The molecule has 0 radical (unpaired) electrons. The number of aliphatic hydroxyl groups excluding tert-OH is 1. The van der Waals surface area contributed by atoms with E-state index in [0.717, 1.165) is 25.4 Å². The summed E-state index contributed by atoms with van der Waals surface area (Å²) >= 11 is 5.25. The van der Waals surface area contributed by atoms with Gasteiger partial charge in [0.2, 0.25) is 0 Å². The van der Waals surface area contributed by atoms with E-state index >= 15 is 0 Å². The number of hydrogen-bond acceptors (Lipinski definition) is 3. The van der Waals surface area contributed by atoms with Crippen LogP contribution in [0.3, 0.4) is 0 Å². The molecule has 1 aliphatic heterocycles. The molecule has 1 aromatic heterocycles. The zero-order chi connectivity index (χ0) is 11.1. The molecule has 2 aliphatic rings. The first kappa shape index (κ1) is 11.2. The van der Waals surface area contributed by atoms with Gasteiger partial charge < -0.3 is 5.11 Å². The molecule has 1 N–H and O–H groups in total. The van der Waals surface area contributed by atoms with E-state index in [2.05, 4.69) is 32.3 Å². The standard InChI is InChI=1S/C12H16BrNOS/c13-12-3-8(7-16-12)4-14-5-9-1-2-11(15)10(9)6-14/h3,7,9-11,15H,1-2,4-6H2. The molecular formula is C12H16BrNOS. The Hall–Kier alpha value is 0.100. The van der Waals surface area contributed by atoms with Gasteiger partial charge in [-0.3, -0.25) is 4.90 Å². The van der Waals surface area contributed by atoms with Gasteiger partial charge in [0, 0.05) is 25.6 Å². The van der Waals surface area contributed by atoms with Gasteiger partial charge in [-0.1, -0.05) is 0 Å². The van der Waals surface area contributed by atoms with Crippen LogP contribution >= 0.6 is 27.3 Å². The van der Waals surface area contributed by atoms with Crippen molar-refractivity contribution < 1.29 is 5.11 Å². The molecule has 3 unspecified atom stereocenters. The summed E-state index contributed by atoms with van der Waals surface area (Å²) in [6.07, 6.45) is 2.20. The highest BCUT2D eigenvalue weighted by Crippen LogP contribution is 2.38. The predicted molar refractivity (Wildman–Crippen MR) is 69.5 cm³/mol. The van der Waals surface area contributed by atoms with Crippen molar-refractivity contribution in [3.63, 3.8) is 0 Å². The monoisotopic (exact) mass is 301 g/mol. The lowest BCUT2D eigenvalue weighted by Gasteiger charge is -2.17. The first-order valence-corrected chi connectivity index (χ1v) is 7.53. The topological polar surface area (TPSA) is 23.5 Å². The molecule has 2 nitrogen and oxygen atoms in total. The van der Waals surface area contributed by atoms with E-state index in [1.54, 1.807) is 11.3 Å². The summed E-state index contributed by atoms with van der Waals surface area (Å²) in [6.45, 7) is 3.30. The van der Waals surface area contributed by atoms with Gasteiger partial charge in [0.25, 0.3) is 0 Å². The second-order valence-corrected chi connectivity index (χ2v) is 7.31. The summed E-state index contributed by atoms with van der Waals surface area (Å²) in [5, 5.41) is 12.1. The molecule has 0 amide bonds. The third kappa shape index (κ3) is 2.08. The Morgan fingerprint density at radius 1 is 1.44 bits per heavy atom. The van der Waals surface area contributed by atoms with Gasteiger partial charge in [-0.05, 0) is 51.7 Å². The molecule has 4 heteroatoms. The average Bonchev–Trinajstić information content (AvgIpc) is 2.88. The summed E-state index contributed by atoms with van der Waals surface area (Å²) in [5.74, 6) is 1.29. The smallest absolute Gasteiger partial charge is 0.0701 e. The van der Waals surface area contributed by atoms with Gasteiger partial charge >= 0.3 is 0 Å². The van der Waals surface area contributed by atoms with Crippen LogP contribution in [-0.4, -0.2) is 29.2 Å². The molecule has 1 aliphatic carbocycles. The molecule has 3 rings (SSSR count). The van der Waals surface area contributed by atoms with E-state index < -0.39 is 0 Å². The average molecular weight is 302 g/mol. The predicted octanol–water partition coefficient (Wildman–Crippen LogP) is 2.71. The zero-order valence-corrected chi connectivity index (χ0v) is 11.5. The molecule has 2 heterocycles. The number of halogens is 1. The summed E-state index contributed by atoms with van der Waals surface area (Å²) in [5.41, 5.74) is 1.39. The lowest BCUT2D eigenvalue weighted by atomic mass is 10.00. The first-order valence-electron chi connectivity index (χ1n) is 5.85. The van der Waals surface area contributed by atoms with Crippen LogP contribution in [-0.2, 0) is 6.54 Å². The Labute approximate surface area is 108 Å². The Balaban J connectivity index is 1.62. The van der Waals surface area contributed by atoms with Crippen molar-refractivity contribution >= 4 is 27.3 Å². The maximum atomic E-state index is 9.86. The SMILES string of the molecule is OC1CCC2CN(Cc3csc(Br)c3)CC12. The third-order valence-electron chi connectivity index (χ3n) is 3.92. The molecule has 2 fully saturated rings. The molecule has 16 heavy (non-hydrogen) atoms. The van der Waals surface area contributed by atoms with Gasteiger partial charge in [0.1, 0.15) is 0 Å². The normalized spacial score (nSPS) is 34.5. The van der Waals surface area contributed by atoms with Crippen LogP contribution < -0.4 is 0 Å². The highest BCUT2D eigenvalue weighted by atomic mass is 79.9. The van der Waals surface area contributed by atoms with Crippen molar-refractivity contribution in [1.29, 1.82) is 0 Å². The van der Waals surface area contributed by atoms with Crippen LogP contribution in [0.5, 0.6) is 0 Å². The highest BCUT2D eigenvalue weighted by molar-refractivity contribution is 9.11.